The zero-order chi connectivity index (χ0) is 17.0. The average Bonchev–Trinajstić information content (AvgIpc) is 2.88. The van der Waals surface area contributed by atoms with Crippen LogP contribution in [-0.4, -0.2) is 32.8 Å². The molecule has 23 heavy (non-hydrogen) atoms. The summed E-state index contributed by atoms with van der Waals surface area (Å²) in [4.78, 5) is 22.8. The van der Waals surface area contributed by atoms with Crippen LogP contribution in [0, 0.1) is 13.8 Å². The van der Waals surface area contributed by atoms with E-state index in [4.69, 9.17) is 5.11 Å². The summed E-state index contributed by atoms with van der Waals surface area (Å²) in [5, 5.41) is 15.8. The van der Waals surface area contributed by atoms with E-state index in [2.05, 4.69) is 10.4 Å². The molecule has 1 atom stereocenters. The standard InChI is InChI=1S/C17H21N3O3/c1-11-4-7-14(8-5-11)20-13(3)10-15(19-20)17(23)18-12(2)6-9-16(21)22/h4-5,7-8,10,12H,6,9H2,1-3H3,(H,18,23)(H,21,22). The van der Waals surface area contributed by atoms with Crippen molar-refractivity contribution in [3.63, 3.8) is 0 Å². The number of hydrogen-bond donors (Lipinski definition) is 2. The van der Waals surface area contributed by atoms with Crippen molar-refractivity contribution in [2.75, 3.05) is 0 Å². The van der Waals surface area contributed by atoms with E-state index < -0.39 is 5.97 Å². The molecule has 0 aliphatic heterocycles. The van der Waals surface area contributed by atoms with Crippen LogP contribution in [0.25, 0.3) is 5.69 Å². The molecule has 122 valence electrons. The summed E-state index contributed by atoms with van der Waals surface area (Å²) in [5.74, 6) is -1.16. The van der Waals surface area contributed by atoms with E-state index in [1.165, 1.54) is 0 Å². The van der Waals surface area contributed by atoms with Crippen LogP contribution in [0.15, 0.2) is 30.3 Å². The number of carbonyl (C=O) groups excluding carboxylic acids is 1. The summed E-state index contributed by atoms with van der Waals surface area (Å²) < 4.78 is 1.72. The lowest BCUT2D eigenvalue weighted by atomic mass is 10.2. The topological polar surface area (TPSA) is 84.2 Å². The summed E-state index contributed by atoms with van der Waals surface area (Å²) in [7, 11) is 0. The fourth-order valence-corrected chi connectivity index (χ4v) is 2.24. The van der Waals surface area contributed by atoms with Gasteiger partial charge in [0.15, 0.2) is 5.69 Å². The van der Waals surface area contributed by atoms with Crippen molar-refractivity contribution in [3.05, 3.63) is 47.3 Å². The van der Waals surface area contributed by atoms with Gasteiger partial charge in [0.1, 0.15) is 0 Å². The van der Waals surface area contributed by atoms with Gasteiger partial charge >= 0.3 is 5.97 Å². The van der Waals surface area contributed by atoms with Crippen LogP contribution in [0.4, 0.5) is 0 Å². The van der Waals surface area contributed by atoms with Gasteiger partial charge in [0.25, 0.3) is 5.91 Å². The van der Waals surface area contributed by atoms with Gasteiger partial charge in [-0.25, -0.2) is 4.68 Å². The number of aliphatic carboxylic acids is 1. The molecule has 2 N–H and O–H groups in total. The summed E-state index contributed by atoms with van der Waals surface area (Å²) in [6, 6.07) is 9.38. The lowest BCUT2D eigenvalue weighted by Gasteiger charge is -2.11. The van der Waals surface area contributed by atoms with Crippen LogP contribution in [0.2, 0.25) is 0 Å². The maximum absolute atomic E-state index is 12.2. The summed E-state index contributed by atoms with van der Waals surface area (Å²) in [6.07, 6.45) is 0.414. The molecule has 0 aliphatic carbocycles. The van der Waals surface area contributed by atoms with E-state index in [1.807, 2.05) is 38.1 Å². The van der Waals surface area contributed by atoms with Crippen molar-refractivity contribution in [1.82, 2.24) is 15.1 Å². The molecule has 1 aromatic carbocycles. The molecule has 0 saturated carbocycles. The van der Waals surface area contributed by atoms with E-state index in [0.717, 1.165) is 16.9 Å². The molecule has 0 radical (unpaired) electrons. The Morgan fingerprint density at radius 2 is 1.91 bits per heavy atom. The van der Waals surface area contributed by atoms with Gasteiger partial charge in [-0.15, -0.1) is 0 Å². The maximum atomic E-state index is 12.2. The predicted octanol–water partition coefficient (Wildman–Crippen LogP) is 2.47. The molecule has 0 spiro atoms. The first-order valence-electron chi connectivity index (χ1n) is 7.53. The van der Waals surface area contributed by atoms with Crippen molar-refractivity contribution in [3.8, 4) is 5.69 Å². The predicted molar refractivity (Wildman–Crippen MR) is 86.8 cm³/mol. The number of aromatic nitrogens is 2. The fraction of sp³-hybridized carbons (Fsp3) is 0.353. The number of aryl methyl sites for hydroxylation is 2. The van der Waals surface area contributed by atoms with Crippen LogP contribution < -0.4 is 5.32 Å². The van der Waals surface area contributed by atoms with Crippen LogP contribution in [0.5, 0.6) is 0 Å². The van der Waals surface area contributed by atoms with Crippen LogP contribution in [0.3, 0.4) is 0 Å². The zero-order valence-corrected chi connectivity index (χ0v) is 13.5. The van der Waals surface area contributed by atoms with Crippen molar-refractivity contribution >= 4 is 11.9 Å². The summed E-state index contributed by atoms with van der Waals surface area (Å²) in [6.45, 7) is 5.68. The molecule has 2 rings (SSSR count). The zero-order valence-electron chi connectivity index (χ0n) is 13.5. The highest BCUT2D eigenvalue weighted by atomic mass is 16.4. The largest absolute Gasteiger partial charge is 0.481 e. The first-order chi connectivity index (χ1) is 10.9. The summed E-state index contributed by atoms with van der Waals surface area (Å²) >= 11 is 0. The monoisotopic (exact) mass is 315 g/mol. The third-order valence-electron chi connectivity index (χ3n) is 3.57. The lowest BCUT2D eigenvalue weighted by Crippen LogP contribution is -2.33. The first kappa shape index (κ1) is 16.7. The number of nitrogens with zero attached hydrogens (tertiary/aromatic N) is 2. The van der Waals surface area contributed by atoms with E-state index in [9.17, 15) is 9.59 Å². The second-order valence-corrected chi connectivity index (χ2v) is 5.73. The second-order valence-electron chi connectivity index (χ2n) is 5.73. The highest BCUT2D eigenvalue weighted by Gasteiger charge is 2.16. The number of carboxylic acids is 1. The molecular formula is C17H21N3O3. The number of carbonyl (C=O) groups is 2. The molecule has 6 nitrogen and oxygen atoms in total. The van der Waals surface area contributed by atoms with Crippen molar-refractivity contribution in [2.45, 2.75) is 39.7 Å². The molecule has 0 aliphatic rings. The molecule has 1 heterocycles. The highest BCUT2D eigenvalue weighted by Crippen LogP contribution is 2.13. The van der Waals surface area contributed by atoms with Gasteiger partial charge in [0.05, 0.1) is 5.69 Å². The smallest absolute Gasteiger partial charge is 0.303 e. The van der Waals surface area contributed by atoms with Gasteiger partial charge < -0.3 is 10.4 Å². The molecule has 0 fully saturated rings. The summed E-state index contributed by atoms with van der Waals surface area (Å²) in [5.41, 5.74) is 3.23. The molecule has 1 aromatic heterocycles. The van der Waals surface area contributed by atoms with E-state index in [0.29, 0.717) is 12.1 Å². The Kier molecular flexibility index (Phi) is 5.16. The Morgan fingerprint density at radius 1 is 1.26 bits per heavy atom. The van der Waals surface area contributed by atoms with Gasteiger partial charge in [-0.2, -0.15) is 5.10 Å². The lowest BCUT2D eigenvalue weighted by molar-refractivity contribution is -0.137. The number of carboxylic acid groups (broad SMARTS) is 1. The minimum absolute atomic E-state index is 0.0261. The highest BCUT2D eigenvalue weighted by molar-refractivity contribution is 5.92. The van der Waals surface area contributed by atoms with E-state index >= 15 is 0 Å². The number of amides is 1. The second kappa shape index (κ2) is 7.09. The third kappa shape index (κ3) is 4.42. The molecule has 0 saturated heterocycles. The van der Waals surface area contributed by atoms with Gasteiger partial charge in [-0.05, 0) is 45.4 Å². The van der Waals surface area contributed by atoms with Crippen molar-refractivity contribution in [1.29, 1.82) is 0 Å². The molecule has 6 heteroatoms. The number of benzene rings is 1. The Bertz CT molecular complexity index is 704. The fourth-order valence-electron chi connectivity index (χ4n) is 2.24. The Labute approximate surface area is 135 Å². The van der Waals surface area contributed by atoms with Crippen molar-refractivity contribution in [2.24, 2.45) is 0 Å². The number of hydrogen-bond acceptors (Lipinski definition) is 3. The SMILES string of the molecule is Cc1ccc(-n2nc(C(=O)NC(C)CCC(=O)O)cc2C)cc1. The Balaban J connectivity index is 2.09. The molecule has 2 aromatic rings. The normalized spacial score (nSPS) is 12.0. The molecule has 1 amide bonds. The molecule has 1 unspecified atom stereocenters. The van der Waals surface area contributed by atoms with Gasteiger partial charge in [0, 0.05) is 18.2 Å². The van der Waals surface area contributed by atoms with Gasteiger partial charge in [0.2, 0.25) is 0 Å². The van der Waals surface area contributed by atoms with E-state index in [-0.39, 0.29) is 18.4 Å². The molecule has 0 bridgehead atoms. The van der Waals surface area contributed by atoms with Gasteiger partial charge in [-0.3, -0.25) is 9.59 Å². The van der Waals surface area contributed by atoms with Crippen molar-refractivity contribution < 1.29 is 14.7 Å². The Morgan fingerprint density at radius 3 is 2.52 bits per heavy atom. The average molecular weight is 315 g/mol. The van der Waals surface area contributed by atoms with Gasteiger partial charge in [-0.1, -0.05) is 17.7 Å². The van der Waals surface area contributed by atoms with Crippen LogP contribution >= 0.6 is 0 Å². The van der Waals surface area contributed by atoms with Crippen LogP contribution in [0.1, 0.15) is 41.5 Å². The minimum atomic E-state index is -0.870. The molecular weight excluding hydrogens is 294 g/mol. The first-order valence-corrected chi connectivity index (χ1v) is 7.53. The minimum Gasteiger partial charge on any atom is -0.481 e. The van der Waals surface area contributed by atoms with E-state index in [1.54, 1.807) is 17.7 Å². The number of rotatable bonds is 6. The van der Waals surface area contributed by atoms with Crippen LogP contribution in [-0.2, 0) is 4.79 Å². The quantitative estimate of drug-likeness (QED) is 0.857. The Hall–Kier alpha value is -2.63. The number of nitrogens with one attached hydrogen (secondary N) is 1. The maximum Gasteiger partial charge on any atom is 0.303 e. The third-order valence-corrected chi connectivity index (χ3v) is 3.57.